The molecule has 0 saturated carbocycles. The second kappa shape index (κ2) is 3.70. The highest BCUT2D eigenvalue weighted by Gasteiger charge is 2.25. The summed E-state index contributed by atoms with van der Waals surface area (Å²) in [5.74, 6) is 1.27. The average molecular weight is 190 g/mol. The molecule has 2 heteroatoms. The number of hydrogen-bond donors (Lipinski definition) is 0. The lowest BCUT2D eigenvalue weighted by molar-refractivity contribution is 0.186. The third-order valence-electron chi connectivity index (χ3n) is 2.95. The molecule has 0 unspecified atom stereocenters. The zero-order valence-electron chi connectivity index (χ0n) is 9.20. The molecule has 2 heterocycles. The van der Waals surface area contributed by atoms with Gasteiger partial charge in [-0.05, 0) is 30.7 Å². The zero-order valence-corrected chi connectivity index (χ0v) is 9.20. The molecule has 0 amide bonds. The van der Waals surface area contributed by atoms with E-state index in [0.29, 0.717) is 11.8 Å². The second-order valence-electron chi connectivity index (χ2n) is 4.59. The number of hydrogen-bond acceptors (Lipinski definition) is 2. The van der Waals surface area contributed by atoms with Gasteiger partial charge in [0.2, 0.25) is 0 Å². The molecule has 0 N–H and O–H groups in total. The van der Waals surface area contributed by atoms with Gasteiger partial charge in [-0.2, -0.15) is 0 Å². The van der Waals surface area contributed by atoms with Gasteiger partial charge in [0.25, 0.3) is 0 Å². The maximum atomic E-state index is 4.45. The van der Waals surface area contributed by atoms with Crippen LogP contribution < -0.4 is 0 Å². The molecule has 1 aliphatic heterocycles. The lowest BCUT2D eigenvalue weighted by Crippen LogP contribution is -2.42. The molecule has 0 spiro atoms. The number of nitrogens with zero attached hydrogens (tertiary/aromatic N) is 2. The summed E-state index contributed by atoms with van der Waals surface area (Å²) in [7, 11) is 2.16. The minimum absolute atomic E-state index is 0.606. The van der Waals surface area contributed by atoms with Crippen molar-refractivity contribution in [2.75, 3.05) is 20.1 Å². The van der Waals surface area contributed by atoms with E-state index < -0.39 is 0 Å². The summed E-state index contributed by atoms with van der Waals surface area (Å²) in [6.45, 7) is 6.78. The first-order valence-corrected chi connectivity index (χ1v) is 5.31. The Labute approximate surface area is 86.0 Å². The molecule has 2 rings (SSSR count). The van der Waals surface area contributed by atoms with Crippen molar-refractivity contribution in [3.63, 3.8) is 0 Å². The molecule has 0 bridgehead atoms. The number of pyridine rings is 1. The Morgan fingerprint density at radius 2 is 2.14 bits per heavy atom. The summed E-state index contributed by atoms with van der Waals surface area (Å²) in [5, 5.41) is 0. The molecule has 0 radical (unpaired) electrons. The lowest BCUT2D eigenvalue weighted by Gasteiger charge is -2.35. The van der Waals surface area contributed by atoms with Gasteiger partial charge in [-0.3, -0.25) is 4.98 Å². The molecular weight excluding hydrogens is 172 g/mol. The number of aromatic nitrogens is 1. The topological polar surface area (TPSA) is 16.1 Å². The first kappa shape index (κ1) is 9.66. The zero-order chi connectivity index (χ0) is 10.1. The maximum absolute atomic E-state index is 4.45. The van der Waals surface area contributed by atoms with Crippen molar-refractivity contribution in [2.24, 2.45) is 0 Å². The fourth-order valence-electron chi connectivity index (χ4n) is 1.93. The molecule has 1 aromatic rings. The monoisotopic (exact) mass is 190 g/mol. The molecule has 0 atom stereocenters. The van der Waals surface area contributed by atoms with Crippen LogP contribution in [0.2, 0.25) is 0 Å². The van der Waals surface area contributed by atoms with Crippen LogP contribution in [0.15, 0.2) is 18.3 Å². The summed E-state index contributed by atoms with van der Waals surface area (Å²) >= 11 is 0. The predicted molar refractivity (Wildman–Crippen MR) is 58.6 cm³/mol. The van der Waals surface area contributed by atoms with Crippen LogP contribution in [-0.2, 0) is 0 Å². The van der Waals surface area contributed by atoms with Crippen LogP contribution >= 0.6 is 0 Å². The highest BCUT2D eigenvalue weighted by molar-refractivity contribution is 5.23. The van der Waals surface area contributed by atoms with E-state index in [-0.39, 0.29) is 0 Å². The fraction of sp³-hybridized carbons (Fsp3) is 0.583. The number of rotatable bonds is 2. The van der Waals surface area contributed by atoms with Crippen LogP contribution in [-0.4, -0.2) is 30.0 Å². The summed E-state index contributed by atoms with van der Waals surface area (Å²) in [6.07, 6.45) is 1.95. The fourth-order valence-corrected chi connectivity index (χ4v) is 1.93. The third-order valence-corrected chi connectivity index (χ3v) is 2.95. The van der Waals surface area contributed by atoms with E-state index in [1.807, 2.05) is 6.20 Å². The SMILES string of the molecule is CC(C)c1ccnc(C2CN(C)C2)c1. The van der Waals surface area contributed by atoms with E-state index in [9.17, 15) is 0 Å². The second-order valence-corrected chi connectivity index (χ2v) is 4.59. The van der Waals surface area contributed by atoms with Crippen molar-refractivity contribution in [3.8, 4) is 0 Å². The summed E-state index contributed by atoms with van der Waals surface area (Å²) < 4.78 is 0. The van der Waals surface area contributed by atoms with Crippen molar-refractivity contribution < 1.29 is 0 Å². The van der Waals surface area contributed by atoms with Gasteiger partial charge in [0.15, 0.2) is 0 Å². The van der Waals surface area contributed by atoms with Crippen LogP contribution in [0, 0.1) is 0 Å². The quantitative estimate of drug-likeness (QED) is 0.711. The van der Waals surface area contributed by atoms with Crippen molar-refractivity contribution in [3.05, 3.63) is 29.6 Å². The third kappa shape index (κ3) is 1.80. The number of likely N-dealkylation sites (tertiary alicyclic amines) is 1. The first-order valence-electron chi connectivity index (χ1n) is 5.31. The molecule has 1 aromatic heterocycles. The smallest absolute Gasteiger partial charge is 0.0462 e. The van der Waals surface area contributed by atoms with Gasteiger partial charge in [-0.15, -0.1) is 0 Å². The van der Waals surface area contributed by atoms with Crippen LogP contribution in [0.5, 0.6) is 0 Å². The predicted octanol–water partition coefficient (Wildman–Crippen LogP) is 2.23. The Balaban J connectivity index is 2.14. The van der Waals surface area contributed by atoms with Gasteiger partial charge >= 0.3 is 0 Å². The highest BCUT2D eigenvalue weighted by Crippen LogP contribution is 2.25. The Kier molecular flexibility index (Phi) is 2.55. The minimum Gasteiger partial charge on any atom is -0.305 e. The highest BCUT2D eigenvalue weighted by atomic mass is 15.2. The molecule has 0 aromatic carbocycles. The van der Waals surface area contributed by atoms with Crippen LogP contribution in [0.1, 0.15) is 36.9 Å². The summed E-state index contributed by atoms with van der Waals surface area (Å²) in [4.78, 5) is 6.78. The standard InChI is InChI=1S/C12H18N2/c1-9(2)10-4-5-13-12(6-10)11-7-14(3)8-11/h4-6,9,11H,7-8H2,1-3H3. The minimum atomic E-state index is 0.606. The Bertz CT molecular complexity index is 314. The van der Waals surface area contributed by atoms with Gasteiger partial charge in [-0.25, -0.2) is 0 Å². The van der Waals surface area contributed by atoms with E-state index >= 15 is 0 Å². The maximum Gasteiger partial charge on any atom is 0.0462 e. The molecule has 14 heavy (non-hydrogen) atoms. The van der Waals surface area contributed by atoms with E-state index in [1.165, 1.54) is 11.3 Å². The molecular formula is C12H18N2. The molecule has 76 valence electrons. The normalized spacial score (nSPS) is 18.6. The Hall–Kier alpha value is -0.890. The summed E-state index contributed by atoms with van der Waals surface area (Å²) in [5.41, 5.74) is 2.68. The average Bonchev–Trinajstić information content (AvgIpc) is 2.13. The van der Waals surface area contributed by atoms with Crippen molar-refractivity contribution in [2.45, 2.75) is 25.7 Å². The molecule has 2 nitrogen and oxygen atoms in total. The Morgan fingerprint density at radius 3 is 2.71 bits per heavy atom. The van der Waals surface area contributed by atoms with Crippen LogP contribution in [0.4, 0.5) is 0 Å². The van der Waals surface area contributed by atoms with Gasteiger partial charge < -0.3 is 4.90 Å². The largest absolute Gasteiger partial charge is 0.305 e. The first-order chi connectivity index (χ1) is 6.66. The van der Waals surface area contributed by atoms with Crippen molar-refractivity contribution in [1.82, 2.24) is 9.88 Å². The van der Waals surface area contributed by atoms with Crippen molar-refractivity contribution in [1.29, 1.82) is 0 Å². The van der Waals surface area contributed by atoms with E-state index in [4.69, 9.17) is 0 Å². The van der Waals surface area contributed by atoms with Gasteiger partial charge in [0.05, 0.1) is 0 Å². The van der Waals surface area contributed by atoms with Gasteiger partial charge in [0, 0.05) is 30.9 Å². The van der Waals surface area contributed by atoms with E-state index in [2.05, 4.69) is 42.9 Å². The van der Waals surface area contributed by atoms with Gasteiger partial charge in [0.1, 0.15) is 0 Å². The van der Waals surface area contributed by atoms with E-state index in [1.54, 1.807) is 0 Å². The van der Waals surface area contributed by atoms with Gasteiger partial charge in [-0.1, -0.05) is 13.8 Å². The molecule has 1 fully saturated rings. The van der Waals surface area contributed by atoms with Crippen LogP contribution in [0.25, 0.3) is 0 Å². The molecule has 1 saturated heterocycles. The molecule has 0 aliphatic carbocycles. The molecule has 1 aliphatic rings. The summed E-state index contributed by atoms with van der Waals surface area (Å²) in [6, 6.07) is 4.39. The lowest BCUT2D eigenvalue weighted by atomic mass is 9.93. The number of likely N-dealkylation sites (N-methyl/N-ethyl adjacent to an activating group) is 1. The van der Waals surface area contributed by atoms with E-state index in [0.717, 1.165) is 13.1 Å². The van der Waals surface area contributed by atoms with Crippen molar-refractivity contribution >= 4 is 0 Å². The van der Waals surface area contributed by atoms with Crippen LogP contribution in [0.3, 0.4) is 0 Å². The Morgan fingerprint density at radius 1 is 1.43 bits per heavy atom.